The Labute approximate surface area is 76.1 Å². The molecule has 78 valence electrons. The molecular formula is C6H13O6P. The van der Waals surface area contributed by atoms with Crippen LogP contribution in [-0.4, -0.2) is 28.5 Å². The zero-order valence-electron chi connectivity index (χ0n) is 7.47. The van der Waals surface area contributed by atoms with Crippen molar-refractivity contribution in [1.29, 1.82) is 0 Å². The topological polar surface area (TPSA) is 93.1 Å². The Morgan fingerprint density at radius 1 is 1.54 bits per heavy atom. The second kappa shape index (κ2) is 5.34. The fourth-order valence-corrected chi connectivity index (χ4v) is 0.937. The SMILES string of the molecule is CCCOC(C)C(=O)OP(=O)(O)O. The van der Waals surface area contributed by atoms with Crippen LogP contribution in [0.5, 0.6) is 0 Å². The zero-order valence-corrected chi connectivity index (χ0v) is 8.36. The van der Waals surface area contributed by atoms with Crippen molar-refractivity contribution in [2.24, 2.45) is 0 Å². The molecule has 0 spiro atoms. The van der Waals surface area contributed by atoms with Crippen LogP contribution in [0.3, 0.4) is 0 Å². The minimum Gasteiger partial charge on any atom is -0.369 e. The van der Waals surface area contributed by atoms with E-state index in [1.54, 1.807) is 0 Å². The van der Waals surface area contributed by atoms with E-state index in [4.69, 9.17) is 14.5 Å². The molecule has 13 heavy (non-hydrogen) atoms. The van der Waals surface area contributed by atoms with E-state index in [9.17, 15) is 9.36 Å². The molecule has 0 aromatic carbocycles. The van der Waals surface area contributed by atoms with Gasteiger partial charge < -0.3 is 9.26 Å². The van der Waals surface area contributed by atoms with E-state index in [1.165, 1.54) is 6.92 Å². The maximum atomic E-state index is 10.8. The maximum absolute atomic E-state index is 10.8. The number of phosphoric ester groups is 1. The van der Waals surface area contributed by atoms with E-state index < -0.39 is 19.9 Å². The van der Waals surface area contributed by atoms with Gasteiger partial charge in [0.2, 0.25) is 0 Å². The lowest BCUT2D eigenvalue weighted by molar-refractivity contribution is -0.147. The number of carbonyl (C=O) groups is 1. The Balaban J connectivity index is 3.90. The summed E-state index contributed by atoms with van der Waals surface area (Å²) >= 11 is 0. The Morgan fingerprint density at radius 2 is 2.08 bits per heavy atom. The van der Waals surface area contributed by atoms with Crippen molar-refractivity contribution in [3.05, 3.63) is 0 Å². The summed E-state index contributed by atoms with van der Waals surface area (Å²) in [7, 11) is -4.74. The Morgan fingerprint density at radius 3 is 2.46 bits per heavy atom. The lowest BCUT2D eigenvalue weighted by Gasteiger charge is -2.11. The fourth-order valence-electron chi connectivity index (χ4n) is 0.554. The molecular weight excluding hydrogens is 199 g/mol. The third-order valence-corrected chi connectivity index (χ3v) is 1.53. The molecule has 0 aromatic heterocycles. The molecule has 0 saturated carbocycles. The first-order valence-electron chi connectivity index (χ1n) is 3.77. The van der Waals surface area contributed by atoms with E-state index in [0.29, 0.717) is 13.0 Å². The molecule has 0 bridgehead atoms. The van der Waals surface area contributed by atoms with Crippen LogP contribution in [0.1, 0.15) is 20.3 Å². The molecule has 1 unspecified atom stereocenters. The average Bonchev–Trinajstić information content (AvgIpc) is 1.96. The summed E-state index contributed by atoms with van der Waals surface area (Å²) in [5.74, 6) is -1.05. The standard InChI is InChI=1S/C6H13O6P/c1-3-4-11-5(2)6(7)12-13(8,9)10/h5H,3-4H2,1-2H3,(H2,8,9,10). The molecule has 0 aromatic rings. The predicted octanol–water partition coefficient (Wildman–Crippen LogP) is 0.437. The van der Waals surface area contributed by atoms with Crippen molar-refractivity contribution >= 4 is 13.8 Å². The van der Waals surface area contributed by atoms with Crippen LogP contribution in [0.15, 0.2) is 0 Å². The van der Waals surface area contributed by atoms with Crippen LogP contribution >= 0.6 is 7.82 Å². The zero-order chi connectivity index (χ0) is 10.5. The Bertz CT molecular complexity index is 209. The Hall–Kier alpha value is -0.420. The first-order chi connectivity index (χ1) is 5.87. The molecule has 0 saturated heterocycles. The number of phosphoric acid groups is 1. The van der Waals surface area contributed by atoms with Gasteiger partial charge in [-0.1, -0.05) is 6.92 Å². The van der Waals surface area contributed by atoms with Gasteiger partial charge in [0.1, 0.15) is 0 Å². The van der Waals surface area contributed by atoms with Gasteiger partial charge in [0, 0.05) is 6.61 Å². The summed E-state index contributed by atoms with van der Waals surface area (Å²) in [6.07, 6.45) is -0.236. The quantitative estimate of drug-likeness (QED) is 0.642. The molecule has 0 rings (SSSR count). The van der Waals surface area contributed by atoms with Gasteiger partial charge in [-0.3, -0.25) is 9.79 Å². The van der Waals surface area contributed by atoms with Crippen molar-refractivity contribution in [3.63, 3.8) is 0 Å². The molecule has 7 heteroatoms. The lowest BCUT2D eigenvalue weighted by Crippen LogP contribution is -2.22. The molecule has 0 amide bonds. The van der Waals surface area contributed by atoms with Crippen molar-refractivity contribution in [1.82, 2.24) is 0 Å². The molecule has 0 aliphatic heterocycles. The van der Waals surface area contributed by atoms with Gasteiger partial charge in [-0.15, -0.1) is 0 Å². The van der Waals surface area contributed by atoms with Gasteiger partial charge in [0.25, 0.3) is 0 Å². The van der Waals surface area contributed by atoms with Crippen molar-refractivity contribution in [2.75, 3.05) is 6.61 Å². The monoisotopic (exact) mass is 212 g/mol. The van der Waals surface area contributed by atoms with Crippen LogP contribution in [0.25, 0.3) is 0 Å². The van der Waals surface area contributed by atoms with E-state index in [2.05, 4.69) is 4.52 Å². The number of carbonyl (C=O) groups excluding carboxylic acids is 1. The largest absolute Gasteiger partial charge is 0.527 e. The normalized spacial score (nSPS) is 13.8. The van der Waals surface area contributed by atoms with Crippen LogP contribution < -0.4 is 0 Å². The van der Waals surface area contributed by atoms with Crippen LogP contribution in [0.2, 0.25) is 0 Å². The number of rotatable bonds is 5. The fraction of sp³-hybridized carbons (Fsp3) is 0.833. The third-order valence-electron chi connectivity index (χ3n) is 1.11. The van der Waals surface area contributed by atoms with E-state index in [0.717, 1.165) is 0 Å². The molecule has 2 N–H and O–H groups in total. The number of ether oxygens (including phenoxy) is 1. The molecule has 1 atom stereocenters. The highest BCUT2D eigenvalue weighted by molar-refractivity contribution is 7.46. The van der Waals surface area contributed by atoms with Gasteiger partial charge in [0.05, 0.1) is 0 Å². The summed E-state index contributed by atoms with van der Waals surface area (Å²) in [6, 6.07) is 0. The summed E-state index contributed by atoms with van der Waals surface area (Å²) in [5.41, 5.74) is 0. The second-order valence-electron chi connectivity index (χ2n) is 2.41. The molecule has 0 radical (unpaired) electrons. The van der Waals surface area contributed by atoms with Crippen molar-refractivity contribution < 1.29 is 28.4 Å². The summed E-state index contributed by atoms with van der Waals surface area (Å²) in [6.45, 7) is 3.56. The van der Waals surface area contributed by atoms with Crippen LogP contribution in [0, 0.1) is 0 Å². The first-order valence-corrected chi connectivity index (χ1v) is 5.30. The second-order valence-corrected chi connectivity index (χ2v) is 3.58. The van der Waals surface area contributed by atoms with Crippen LogP contribution in [0.4, 0.5) is 0 Å². The number of hydrogen-bond donors (Lipinski definition) is 2. The van der Waals surface area contributed by atoms with Gasteiger partial charge in [-0.05, 0) is 13.3 Å². The molecule has 0 heterocycles. The van der Waals surface area contributed by atoms with Gasteiger partial charge >= 0.3 is 13.8 Å². The van der Waals surface area contributed by atoms with Gasteiger partial charge in [-0.25, -0.2) is 9.36 Å². The third kappa shape index (κ3) is 6.72. The molecule has 0 aliphatic rings. The predicted molar refractivity (Wildman–Crippen MR) is 43.8 cm³/mol. The molecule has 6 nitrogen and oxygen atoms in total. The van der Waals surface area contributed by atoms with Crippen molar-refractivity contribution in [3.8, 4) is 0 Å². The minimum atomic E-state index is -4.74. The first kappa shape index (κ1) is 12.6. The van der Waals surface area contributed by atoms with Gasteiger partial charge in [0.15, 0.2) is 6.10 Å². The van der Waals surface area contributed by atoms with Crippen LogP contribution in [-0.2, 0) is 18.6 Å². The summed E-state index contributed by atoms with van der Waals surface area (Å²) in [4.78, 5) is 27.4. The highest BCUT2D eigenvalue weighted by atomic mass is 31.2. The highest BCUT2D eigenvalue weighted by Gasteiger charge is 2.25. The molecule has 0 fully saturated rings. The maximum Gasteiger partial charge on any atom is 0.527 e. The van der Waals surface area contributed by atoms with Crippen molar-refractivity contribution in [2.45, 2.75) is 26.4 Å². The lowest BCUT2D eigenvalue weighted by atomic mass is 10.4. The molecule has 0 aliphatic carbocycles. The van der Waals surface area contributed by atoms with Gasteiger partial charge in [-0.2, -0.15) is 0 Å². The van der Waals surface area contributed by atoms with E-state index >= 15 is 0 Å². The number of hydrogen-bond acceptors (Lipinski definition) is 4. The highest BCUT2D eigenvalue weighted by Crippen LogP contribution is 2.36. The Kier molecular flexibility index (Phi) is 5.17. The smallest absolute Gasteiger partial charge is 0.369 e. The van der Waals surface area contributed by atoms with E-state index in [1.807, 2.05) is 6.92 Å². The summed E-state index contributed by atoms with van der Waals surface area (Å²) < 4.78 is 18.9. The van der Waals surface area contributed by atoms with E-state index in [-0.39, 0.29) is 0 Å². The minimum absolute atomic E-state index is 0.345. The average molecular weight is 212 g/mol. The summed E-state index contributed by atoms with van der Waals surface area (Å²) in [5, 5.41) is 0.